The number of nitrogens with zero attached hydrogens (tertiary/aromatic N) is 1. The van der Waals surface area contributed by atoms with Crippen LogP contribution in [0.4, 0.5) is 10.1 Å². The van der Waals surface area contributed by atoms with Crippen molar-refractivity contribution in [3.8, 4) is 0 Å². The largest absolute Gasteiger partial charge is 0.515 e. The van der Waals surface area contributed by atoms with Crippen LogP contribution in [-0.4, -0.2) is 31.9 Å². The Morgan fingerprint density at radius 3 is 1.96 bits per heavy atom. The van der Waals surface area contributed by atoms with Gasteiger partial charge in [-0.05, 0) is 77.3 Å². The third kappa shape index (κ3) is 18.8. The average Bonchev–Trinajstić information content (AvgIpc) is 3.01. The Bertz CT molecular complexity index is 1280. The summed E-state index contributed by atoms with van der Waals surface area (Å²) in [7, 11) is -3.90. The molecule has 0 bridgehead atoms. The van der Waals surface area contributed by atoms with Crippen LogP contribution in [0.2, 0.25) is 0 Å². The van der Waals surface area contributed by atoms with E-state index in [1.165, 1.54) is 30.7 Å². The van der Waals surface area contributed by atoms with Crippen molar-refractivity contribution in [1.29, 1.82) is 0 Å². The highest BCUT2D eigenvalue weighted by atomic mass is 31.2. The zero-order valence-electron chi connectivity index (χ0n) is 28.0. The summed E-state index contributed by atoms with van der Waals surface area (Å²) in [6, 6.07) is 15.4. The highest BCUT2D eigenvalue weighted by molar-refractivity contribution is 7.56. The molecule has 2 aromatic carbocycles. The van der Waals surface area contributed by atoms with Crippen molar-refractivity contribution in [2.75, 3.05) is 4.90 Å². The highest BCUT2D eigenvalue weighted by Crippen LogP contribution is 2.43. The van der Waals surface area contributed by atoms with Crippen molar-refractivity contribution in [3.05, 3.63) is 126 Å². The van der Waals surface area contributed by atoms with Crippen LogP contribution < -0.4 is 4.90 Å². The molecule has 7 nitrogen and oxygen atoms in total. The zero-order valence-corrected chi connectivity index (χ0v) is 28.9. The second-order valence-corrected chi connectivity index (χ2v) is 11.6. The maximum absolute atomic E-state index is 12.4. The lowest BCUT2D eigenvalue weighted by atomic mass is 9.93. The van der Waals surface area contributed by atoms with Gasteiger partial charge >= 0.3 is 7.60 Å². The van der Waals surface area contributed by atoms with Crippen LogP contribution in [0.3, 0.4) is 0 Å². The first kappa shape index (κ1) is 43.6. The summed E-state index contributed by atoms with van der Waals surface area (Å²) < 4.78 is 22.6. The number of para-hydroxylation sites is 1. The lowest BCUT2D eigenvalue weighted by Crippen LogP contribution is -2.53. The van der Waals surface area contributed by atoms with Crippen LogP contribution in [0.5, 0.6) is 0 Å². The predicted molar refractivity (Wildman–Crippen MR) is 187 cm³/mol. The minimum atomic E-state index is -3.90. The molecule has 250 valence electrons. The van der Waals surface area contributed by atoms with Gasteiger partial charge in [-0.3, -0.25) is 9.36 Å². The van der Waals surface area contributed by atoms with Crippen LogP contribution in [0.15, 0.2) is 114 Å². The van der Waals surface area contributed by atoms with Gasteiger partial charge in [0.2, 0.25) is 5.91 Å². The van der Waals surface area contributed by atoms with Crippen molar-refractivity contribution < 1.29 is 33.7 Å². The van der Waals surface area contributed by atoms with Crippen LogP contribution in [0.1, 0.15) is 86.3 Å². The first-order valence-electron chi connectivity index (χ1n) is 15.0. The number of β-lactam (4-membered cyclic amide) rings is 1. The molecule has 1 amide bonds. The number of anilines is 1. The molecular weight excluding hydrogens is 592 g/mol. The first-order valence-corrected chi connectivity index (χ1v) is 16.6. The number of halogens is 1. The molecule has 3 rings (SSSR count). The van der Waals surface area contributed by atoms with Crippen molar-refractivity contribution in [2.24, 2.45) is 0 Å². The summed E-state index contributed by atoms with van der Waals surface area (Å²) in [6.45, 7) is 18.3. The fraction of sp³-hybridized carbons (Fsp3) is 0.361. The molecule has 2 aromatic rings. The minimum Gasteiger partial charge on any atom is -0.515 e. The Morgan fingerprint density at radius 1 is 1.04 bits per heavy atom. The number of amides is 1. The van der Waals surface area contributed by atoms with Gasteiger partial charge < -0.3 is 24.9 Å². The summed E-state index contributed by atoms with van der Waals surface area (Å²) in [5, 5.41) is 18.8. The molecule has 0 aliphatic carbocycles. The van der Waals surface area contributed by atoms with Gasteiger partial charge in [-0.1, -0.05) is 87.1 Å². The van der Waals surface area contributed by atoms with Gasteiger partial charge in [-0.2, -0.15) is 0 Å². The van der Waals surface area contributed by atoms with Gasteiger partial charge in [0.1, 0.15) is 5.82 Å². The molecule has 0 radical (unpaired) electrons. The topological polar surface area (TPSA) is 118 Å². The SMILES string of the molecule is C/C=C(\C)P(=O)(O)O.C/C=C\CC=C/C(=C/O)C1CC(=O)N1c1ccccc1.C=C(C)C.CC.CCC(O)c1ccc(F)cc1. The van der Waals surface area contributed by atoms with E-state index in [0.29, 0.717) is 12.8 Å². The van der Waals surface area contributed by atoms with Gasteiger partial charge in [0, 0.05) is 16.6 Å². The Morgan fingerprint density at radius 2 is 1.58 bits per heavy atom. The molecule has 1 aliphatic heterocycles. The fourth-order valence-corrected chi connectivity index (χ4v) is 3.68. The molecule has 45 heavy (non-hydrogen) atoms. The Hall–Kier alpha value is -3.55. The zero-order chi connectivity index (χ0) is 35.0. The van der Waals surface area contributed by atoms with E-state index in [0.717, 1.165) is 29.5 Å². The lowest BCUT2D eigenvalue weighted by molar-refractivity contribution is -0.123. The van der Waals surface area contributed by atoms with E-state index >= 15 is 0 Å². The number of hydrogen-bond acceptors (Lipinski definition) is 4. The molecule has 9 heteroatoms. The van der Waals surface area contributed by atoms with Crippen molar-refractivity contribution in [1.82, 2.24) is 0 Å². The van der Waals surface area contributed by atoms with E-state index in [9.17, 15) is 24.0 Å². The van der Waals surface area contributed by atoms with Gasteiger partial charge in [0.05, 0.1) is 24.8 Å². The molecule has 2 unspecified atom stereocenters. The summed E-state index contributed by atoms with van der Waals surface area (Å²) in [5.74, 6) is -0.181. The van der Waals surface area contributed by atoms with Gasteiger partial charge in [-0.25, -0.2) is 4.39 Å². The van der Waals surface area contributed by atoms with Crippen LogP contribution in [-0.2, 0) is 9.36 Å². The van der Waals surface area contributed by atoms with Crippen LogP contribution >= 0.6 is 7.60 Å². The number of benzene rings is 2. The van der Waals surface area contributed by atoms with Gasteiger partial charge in [-0.15, -0.1) is 6.58 Å². The number of carbonyl (C=O) groups excluding carboxylic acids is 1. The standard InChI is InChI=1S/C17H19NO2.C9H11FO.C4H9O3P.C4H8.C2H6/c1-2-3-4-6-9-14(13-19)16-12-17(20)18(16)15-10-7-5-8-11-15;1-2-9(11)7-3-5-8(10)6-4-7;1-3-4(2)8(5,6)7;1-4(2)3;1-2/h2-3,5-11,13,16,19H,4,12H2,1H3;3-6,9,11H,2H2,1H3;3H,1-2H3,(H2,5,6,7);1H2,2-3H3;1-2H3/b3-2-,9-6?,14-13-;;4-3+;;. The number of carbonyl (C=O) groups is 1. The molecule has 1 saturated heterocycles. The normalized spacial score (nSPS) is 15.2. The summed E-state index contributed by atoms with van der Waals surface area (Å²) >= 11 is 0. The second-order valence-electron chi connectivity index (χ2n) is 9.81. The summed E-state index contributed by atoms with van der Waals surface area (Å²) in [6.07, 6.45) is 11.8. The Kier molecular flexibility index (Phi) is 24.0. The van der Waals surface area contributed by atoms with Gasteiger partial charge in [0.25, 0.3) is 0 Å². The van der Waals surface area contributed by atoms with Crippen LogP contribution in [0, 0.1) is 5.82 Å². The van der Waals surface area contributed by atoms with E-state index in [2.05, 4.69) is 6.58 Å². The molecule has 0 spiro atoms. The number of hydrogen-bond donors (Lipinski definition) is 4. The smallest absolute Gasteiger partial charge is 0.351 e. The molecular formula is C36H53FNO6P. The van der Waals surface area contributed by atoms with E-state index in [-0.39, 0.29) is 23.1 Å². The molecule has 0 saturated carbocycles. The summed E-state index contributed by atoms with van der Waals surface area (Å²) in [5.41, 5.74) is 3.57. The maximum Gasteiger partial charge on any atom is 0.351 e. The third-order valence-electron chi connectivity index (χ3n) is 5.85. The van der Waals surface area contributed by atoms with E-state index in [4.69, 9.17) is 9.79 Å². The quantitative estimate of drug-likeness (QED) is 0.0746. The highest BCUT2D eigenvalue weighted by Gasteiger charge is 2.38. The number of rotatable bonds is 8. The monoisotopic (exact) mass is 645 g/mol. The maximum atomic E-state index is 12.4. The van der Waals surface area contributed by atoms with Crippen LogP contribution in [0.25, 0.3) is 0 Å². The molecule has 1 fully saturated rings. The first-order chi connectivity index (χ1) is 21.2. The Balaban J connectivity index is 0. The number of aliphatic hydroxyl groups is 2. The summed E-state index contributed by atoms with van der Waals surface area (Å²) in [4.78, 5) is 30.2. The van der Waals surface area contributed by atoms with Gasteiger partial charge in [0.15, 0.2) is 0 Å². The van der Waals surface area contributed by atoms with Crippen molar-refractivity contribution in [3.63, 3.8) is 0 Å². The molecule has 4 N–H and O–H groups in total. The van der Waals surface area contributed by atoms with E-state index < -0.39 is 13.7 Å². The number of allylic oxidation sites excluding steroid dienone is 6. The second kappa shape index (κ2) is 24.7. The third-order valence-corrected chi connectivity index (χ3v) is 7.03. The van der Waals surface area contributed by atoms with Crippen molar-refractivity contribution in [2.45, 2.75) is 86.8 Å². The molecule has 1 aliphatic rings. The lowest BCUT2D eigenvalue weighted by Gasteiger charge is -2.40. The predicted octanol–water partition coefficient (Wildman–Crippen LogP) is 9.72. The molecule has 0 aromatic heterocycles. The molecule has 1 heterocycles. The van der Waals surface area contributed by atoms with E-state index in [1.807, 2.05) is 96.2 Å². The number of aliphatic hydroxyl groups excluding tert-OH is 2. The van der Waals surface area contributed by atoms with E-state index in [1.54, 1.807) is 24.0 Å². The molecule has 2 atom stereocenters. The minimum absolute atomic E-state index is 0.0724. The average molecular weight is 646 g/mol. The van der Waals surface area contributed by atoms with Crippen molar-refractivity contribution >= 4 is 19.2 Å². The Labute approximate surface area is 270 Å². The fourth-order valence-electron chi connectivity index (χ4n) is 3.34.